The van der Waals surface area contributed by atoms with Gasteiger partial charge in [0.15, 0.2) is 0 Å². The highest BCUT2D eigenvalue weighted by Crippen LogP contribution is 2.26. The molecule has 18 heavy (non-hydrogen) atoms. The van der Waals surface area contributed by atoms with Crippen LogP contribution in [0, 0.1) is 5.82 Å². The van der Waals surface area contributed by atoms with E-state index in [0.29, 0.717) is 6.42 Å². The van der Waals surface area contributed by atoms with Crippen LogP contribution in [-0.4, -0.2) is 16.6 Å². The molecule has 0 aliphatic carbocycles. The number of nitrogens with zero attached hydrogens (tertiary/aromatic N) is 2. The number of imidazole rings is 1. The summed E-state index contributed by atoms with van der Waals surface area (Å²) in [5.74, 6) is 0.735. The average molecular weight is 312 g/mol. The first kappa shape index (κ1) is 13.2. The zero-order chi connectivity index (χ0) is 13.1. The molecule has 1 N–H and O–H groups in total. The number of hydrogen-bond acceptors (Lipinski definition) is 2. The van der Waals surface area contributed by atoms with Crippen LogP contribution < -0.4 is 5.32 Å². The topological polar surface area (TPSA) is 29.9 Å². The SMILES string of the molecule is CNC(Cc1nccn1C)c1cc(F)ccc1Br. The Balaban J connectivity index is 2.28. The van der Waals surface area contributed by atoms with Crippen molar-refractivity contribution in [3.63, 3.8) is 0 Å². The van der Waals surface area contributed by atoms with E-state index in [0.717, 1.165) is 15.9 Å². The van der Waals surface area contributed by atoms with Crippen molar-refractivity contribution in [1.29, 1.82) is 0 Å². The summed E-state index contributed by atoms with van der Waals surface area (Å²) in [5, 5.41) is 3.20. The van der Waals surface area contributed by atoms with Gasteiger partial charge in [-0.2, -0.15) is 0 Å². The number of nitrogens with one attached hydrogen (secondary N) is 1. The molecular formula is C13H15BrFN3. The maximum Gasteiger partial charge on any atom is 0.123 e. The van der Waals surface area contributed by atoms with Gasteiger partial charge in [0.05, 0.1) is 0 Å². The number of hydrogen-bond donors (Lipinski definition) is 1. The summed E-state index contributed by atoms with van der Waals surface area (Å²) in [4.78, 5) is 4.30. The van der Waals surface area contributed by atoms with E-state index < -0.39 is 0 Å². The van der Waals surface area contributed by atoms with E-state index in [4.69, 9.17) is 0 Å². The molecule has 3 nitrogen and oxygen atoms in total. The largest absolute Gasteiger partial charge is 0.338 e. The minimum atomic E-state index is -0.228. The van der Waals surface area contributed by atoms with Gasteiger partial charge in [-0.05, 0) is 30.8 Å². The predicted molar refractivity (Wildman–Crippen MR) is 72.8 cm³/mol. The quantitative estimate of drug-likeness (QED) is 0.941. The lowest BCUT2D eigenvalue weighted by Crippen LogP contribution is -2.21. The predicted octanol–water partition coefficient (Wildman–Crippen LogP) is 2.82. The fourth-order valence-corrected chi connectivity index (χ4v) is 2.45. The average Bonchev–Trinajstić information content (AvgIpc) is 2.75. The smallest absolute Gasteiger partial charge is 0.123 e. The van der Waals surface area contributed by atoms with Crippen molar-refractivity contribution in [2.45, 2.75) is 12.5 Å². The van der Waals surface area contributed by atoms with Crippen LogP contribution >= 0.6 is 15.9 Å². The molecule has 0 radical (unpaired) electrons. The van der Waals surface area contributed by atoms with Gasteiger partial charge in [0.1, 0.15) is 11.6 Å². The van der Waals surface area contributed by atoms with Crippen molar-refractivity contribution < 1.29 is 4.39 Å². The third kappa shape index (κ3) is 2.79. The Labute approximate surface area is 114 Å². The summed E-state index contributed by atoms with van der Waals surface area (Å²) < 4.78 is 16.2. The number of aromatic nitrogens is 2. The Kier molecular flexibility index (Phi) is 4.14. The second-order valence-electron chi connectivity index (χ2n) is 4.17. The molecule has 0 bridgehead atoms. The summed E-state index contributed by atoms with van der Waals surface area (Å²) in [6.07, 6.45) is 4.38. The second kappa shape index (κ2) is 5.63. The van der Waals surface area contributed by atoms with Gasteiger partial charge in [-0.1, -0.05) is 15.9 Å². The Morgan fingerprint density at radius 3 is 2.89 bits per heavy atom. The number of rotatable bonds is 4. The van der Waals surface area contributed by atoms with Crippen molar-refractivity contribution in [3.8, 4) is 0 Å². The lowest BCUT2D eigenvalue weighted by Gasteiger charge is -2.18. The third-order valence-corrected chi connectivity index (χ3v) is 3.71. The van der Waals surface area contributed by atoms with Gasteiger partial charge in [-0.25, -0.2) is 9.37 Å². The van der Waals surface area contributed by atoms with Crippen molar-refractivity contribution in [3.05, 3.63) is 52.3 Å². The van der Waals surface area contributed by atoms with E-state index >= 15 is 0 Å². The molecule has 0 spiro atoms. The molecule has 1 atom stereocenters. The van der Waals surface area contributed by atoms with Crippen molar-refractivity contribution in [2.24, 2.45) is 7.05 Å². The zero-order valence-electron chi connectivity index (χ0n) is 10.3. The van der Waals surface area contributed by atoms with E-state index in [1.807, 2.05) is 24.9 Å². The summed E-state index contributed by atoms with van der Waals surface area (Å²) in [6.45, 7) is 0. The van der Waals surface area contributed by atoms with E-state index in [1.54, 1.807) is 18.3 Å². The molecule has 0 amide bonds. The maximum absolute atomic E-state index is 13.3. The molecule has 1 unspecified atom stereocenters. The maximum atomic E-state index is 13.3. The minimum Gasteiger partial charge on any atom is -0.338 e. The fourth-order valence-electron chi connectivity index (χ4n) is 1.92. The van der Waals surface area contributed by atoms with Gasteiger partial charge in [-0.15, -0.1) is 0 Å². The standard InChI is InChI=1S/C13H15BrFN3/c1-16-12(8-13-17-5-6-18(13)2)10-7-9(15)3-4-11(10)14/h3-7,12,16H,8H2,1-2H3. The Morgan fingerprint density at radius 2 is 2.28 bits per heavy atom. The number of halogens is 2. The van der Waals surface area contributed by atoms with Crippen LogP contribution in [0.5, 0.6) is 0 Å². The Bertz CT molecular complexity index is 539. The van der Waals surface area contributed by atoms with E-state index in [-0.39, 0.29) is 11.9 Å². The van der Waals surface area contributed by atoms with Gasteiger partial charge < -0.3 is 9.88 Å². The minimum absolute atomic E-state index is 0.0242. The van der Waals surface area contributed by atoms with E-state index in [9.17, 15) is 4.39 Å². The highest BCUT2D eigenvalue weighted by Gasteiger charge is 2.16. The molecule has 1 aromatic heterocycles. The molecule has 1 heterocycles. The first-order valence-corrected chi connectivity index (χ1v) is 6.49. The van der Waals surface area contributed by atoms with E-state index in [1.165, 1.54) is 6.07 Å². The fraction of sp³-hybridized carbons (Fsp3) is 0.308. The lowest BCUT2D eigenvalue weighted by atomic mass is 10.0. The molecular weight excluding hydrogens is 297 g/mol. The van der Waals surface area contributed by atoms with Crippen LogP contribution in [-0.2, 0) is 13.5 Å². The number of likely N-dealkylation sites (N-methyl/N-ethyl adjacent to an activating group) is 1. The summed E-state index contributed by atoms with van der Waals surface area (Å²) in [5.41, 5.74) is 0.903. The van der Waals surface area contributed by atoms with E-state index in [2.05, 4.69) is 26.2 Å². The number of aryl methyl sites for hydroxylation is 1. The van der Waals surface area contributed by atoms with Crippen molar-refractivity contribution in [2.75, 3.05) is 7.05 Å². The second-order valence-corrected chi connectivity index (χ2v) is 5.02. The summed E-state index contributed by atoms with van der Waals surface area (Å²) >= 11 is 3.46. The number of benzene rings is 1. The highest BCUT2D eigenvalue weighted by molar-refractivity contribution is 9.10. The zero-order valence-corrected chi connectivity index (χ0v) is 11.9. The normalized spacial score (nSPS) is 12.7. The monoisotopic (exact) mass is 311 g/mol. The molecule has 0 fully saturated rings. The molecule has 0 aliphatic rings. The third-order valence-electron chi connectivity index (χ3n) is 2.99. The molecule has 2 rings (SSSR count). The molecule has 5 heteroatoms. The van der Waals surface area contributed by atoms with Crippen LogP contribution in [0.4, 0.5) is 4.39 Å². The molecule has 0 saturated heterocycles. The van der Waals surface area contributed by atoms with Crippen LogP contribution in [0.1, 0.15) is 17.4 Å². The molecule has 0 aliphatic heterocycles. The van der Waals surface area contributed by atoms with Gasteiger partial charge in [-0.3, -0.25) is 0 Å². The van der Waals surface area contributed by atoms with Gasteiger partial charge in [0, 0.05) is 36.4 Å². The van der Waals surface area contributed by atoms with Gasteiger partial charge >= 0.3 is 0 Å². The molecule has 0 saturated carbocycles. The highest BCUT2D eigenvalue weighted by atomic mass is 79.9. The lowest BCUT2D eigenvalue weighted by molar-refractivity contribution is 0.553. The Morgan fingerprint density at radius 1 is 1.50 bits per heavy atom. The first-order valence-electron chi connectivity index (χ1n) is 5.70. The van der Waals surface area contributed by atoms with Gasteiger partial charge in [0.25, 0.3) is 0 Å². The molecule has 2 aromatic rings. The molecule has 1 aromatic carbocycles. The summed E-state index contributed by atoms with van der Waals surface area (Å²) in [6, 6.07) is 4.75. The first-order chi connectivity index (χ1) is 8.61. The van der Waals surface area contributed by atoms with Crippen LogP contribution in [0.2, 0.25) is 0 Å². The van der Waals surface area contributed by atoms with Crippen LogP contribution in [0.3, 0.4) is 0 Å². The Hall–Kier alpha value is -1.20. The summed E-state index contributed by atoms with van der Waals surface area (Å²) in [7, 11) is 3.82. The van der Waals surface area contributed by atoms with Crippen molar-refractivity contribution >= 4 is 15.9 Å². The van der Waals surface area contributed by atoms with Crippen LogP contribution in [0.15, 0.2) is 35.1 Å². The molecule has 96 valence electrons. The van der Waals surface area contributed by atoms with Crippen LogP contribution in [0.25, 0.3) is 0 Å². The van der Waals surface area contributed by atoms with Crippen molar-refractivity contribution in [1.82, 2.24) is 14.9 Å². The van der Waals surface area contributed by atoms with Gasteiger partial charge in [0.2, 0.25) is 0 Å².